The second kappa shape index (κ2) is 11.7. The molecule has 7 heteroatoms. The number of esters is 3. The Morgan fingerprint density at radius 3 is 2.04 bits per heavy atom. The zero-order valence-corrected chi connectivity index (χ0v) is 16.3. The first-order chi connectivity index (χ1) is 13.0. The van der Waals surface area contributed by atoms with E-state index < -0.39 is 17.9 Å². The molecule has 0 bridgehead atoms. The highest BCUT2D eigenvalue weighted by Gasteiger charge is 2.23. The van der Waals surface area contributed by atoms with Crippen LogP contribution in [-0.4, -0.2) is 38.2 Å². The van der Waals surface area contributed by atoms with Crippen molar-refractivity contribution in [1.82, 2.24) is 0 Å². The smallest absolute Gasteiger partial charge is 0.355 e. The summed E-state index contributed by atoms with van der Waals surface area (Å²) < 4.78 is 14.9. The number of hydrogen-bond donors (Lipinski definition) is 1. The molecule has 7 nitrogen and oxygen atoms in total. The highest BCUT2D eigenvalue weighted by molar-refractivity contribution is 6.02. The van der Waals surface area contributed by atoms with Gasteiger partial charge in [-0.1, -0.05) is 13.3 Å². The Balaban J connectivity index is 3.25. The zero-order chi connectivity index (χ0) is 20.2. The third-order valence-electron chi connectivity index (χ3n) is 3.66. The van der Waals surface area contributed by atoms with Crippen LogP contribution in [0.15, 0.2) is 35.5 Å². The van der Waals surface area contributed by atoms with Crippen molar-refractivity contribution in [1.29, 1.82) is 0 Å². The Hall–Kier alpha value is -2.83. The molecular weight excluding hydrogens is 350 g/mol. The van der Waals surface area contributed by atoms with Gasteiger partial charge >= 0.3 is 17.9 Å². The molecule has 0 aliphatic heterocycles. The van der Waals surface area contributed by atoms with Crippen LogP contribution in [-0.2, 0) is 23.8 Å². The molecule has 0 saturated heterocycles. The van der Waals surface area contributed by atoms with Crippen molar-refractivity contribution in [2.24, 2.45) is 0 Å². The van der Waals surface area contributed by atoms with E-state index in [9.17, 15) is 14.4 Å². The van der Waals surface area contributed by atoms with E-state index in [0.29, 0.717) is 17.7 Å². The van der Waals surface area contributed by atoms with E-state index in [1.54, 1.807) is 38.1 Å². The lowest BCUT2D eigenvalue weighted by Crippen LogP contribution is -2.22. The summed E-state index contributed by atoms with van der Waals surface area (Å²) in [6, 6.07) is 6.36. The van der Waals surface area contributed by atoms with Gasteiger partial charge in [0, 0.05) is 5.69 Å². The van der Waals surface area contributed by atoms with Gasteiger partial charge in [0.25, 0.3) is 0 Å². The van der Waals surface area contributed by atoms with E-state index in [0.717, 1.165) is 12.8 Å². The third-order valence-corrected chi connectivity index (χ3v) is 3.66. The zero-order valence-electron chi connectivity index (χ0n) is 16.3. The SMILES string of the molecule is CCCCC(C(=O)OCC)=C(Nc1ccc(C(=O)OC)cc1)C(=O)OCC. The fourth-order valence-corrected chi connectivity index (χ4v) is 2.31. The normalized spacial score (nSPS) is 11.3. The maximum Gasteiger partial charge on any atom is 0.355 e. The summed E-state index contributed by atoms with van der Waals surface area (Å²) in [4.78, 5) is 36.4. The van der Waals surface area contributed by atoms with Gasteiger partial charge in [-0.15, -0.1) is 0 Å². The first-order valence-electron chi connectivity index (χ1n) is 9.01. The minimum absolute atomic E-state index is 0.0505. The summed E-state index contributed by atoms with van der Waals surface area (Å²) in [5.41, 5.74) is 1.20. The van der Waals surface area contributed by atoms with Crippen LogP contribution in [0.4, 0.5) is 5.69 Å². The number of ether oxygens (including phenoxy) is 3. The molecule has 1 N–H and O–H groups in total. The van der Waals surface area contributed by atoms with Crippen molar-refractivity contribution < 1.29 is 28.6 Å². The van der Waals surface area contributed by atoms with Gasteiger partial charge in [-0.25, -0.2) is 14.4 Å². The predicted molar refractivity (Wildman–Crippen MR) is 101 cm³/mol. The number of methoxy groups -OCH3 is 1. The fraction of sp³-hybridized carbons (Fsp3) is 0.450. The van der Waals surface area contributed by atoms with E-state index in [1.807, 2.05) is 6.92 Å². The second-order valence-electron chi connectivity index (χ2n) is 5.59. The van der Waals surface area contributed by atoms with Crippen molar-refractivity contribution in [3.8, 4) is 0 Å². The van der Waals surface area contributed by atoms with Gasteiger partial charge in [0.05, 0.1) is 31.5 Å². The number of carbonyl (C=O) groups excluding carboxylic acids is 3. The van der Waals surface area contributed by atoms with E-state index in [1.165, 1.54) is 7.11 Å². The Bertz CT molecular complexity index is 678. The number of rotatable bonds is 10. The Morgan fingerprint density at radius 2 is 1.52 bits per heavy atom. The number of anilines is 1. The molecule has 0 saturated carbocycles. The third kappa shape index (κ3) is 6.77. The molecule has 0 radical (unpaired) electrons. The van der Waals surface area contributed by atoms with E-state index in [4.69, 9.17) is 9.47 Å². The molecule has 1 aromatic carbocycles. The van der Waals surface area contributed by atoms with Gasteiger partial charge in [-0.2, -0.15) is 0 Å². The summed E-state index contributed by atoms with van der Waals surface area (Å²) in [7, 11) is 1.30. The maximum atomic E-state index is 12.5. The molecule has 0 atom stereocenters. The summed E-state index contributed by atoms with van der Waals surface area (Å²) in [5, 5.41) is 2.95. The number of carbonyl (C=O) groups is 3. The fourth-order valence-electron chi connectivity index (χ4n) is 2.31. The van der Waals surface area contributed by atoms with E-state index in [-0.39, 0.29) is 24.5 Å². The van der Waals surface area contributed by atoms with Crippen molar-refractivity contribution in [2.45, 2.75) is 40.0 Å². The molecule has 0 aromatic heterocycles. The number of benzene rings is 1. The van der Waals surface area contributed by atoms with Crippen molar-refractivity contribution in [2.75, 3.05) is 25.6 Å². The van der Waals surface area contributed by atoms with Crippen LogP contribution in [0.1, 0.15) is 50.4 Å². The molecule has 0 heterocycles. The topological polar surface area (TPSA) is 90.9 Å². The molecule has 1 aromatic rings. The van der Waals surface area contributed by atoms with Crippen LogP contribution in [0.2, 0.25) is 0 Å². The van der Waals surface area contributed by atoms with Crippen LogP contribution >= 0.6 is 0 Å². The molecule has 0 unspecified atom stereocenters. The van der Waals surface area contributed by atoms with Crippen molar-refractivity contribution >= 4 is 23.6 Å². The summed E-state index contributed by atoms with van der Waals surface area (Å²) in [6.45, 7) is 5.77. The number of hydrogen-bond acceptors (Lipinski definition) is 7. The lowest BCUT2D eigenvalue weighted by Gasteiger charge is -2.16. The van der Waals surface area contributed by atoms with Crippen molar-refractivity contribution in [3.05, 3.63) is 41.1 Å². The lowest BCUT2D eigenvalue weighted by molar-refractivity contribution is -0.141. The standard InChI is InChI=1S/C20H27NO6/c1-5-8-9-16(19(23)26-6-2)17(20(24)27-7-3)21-15-12-10-14(11-13-15)18(22)25-4/h10-13,21H,5-9H2,1-4H3. The van der Waals surface area contributed by atoms with E-state index >= 15 is 0 Å². The highest BCUT2D eigenvalue weighted by atomic mass is 16.5. The minimum Gasteiger partial charge on any atom is -0.465 e. The lowest BCUT2D eigenvalue weighted by atomic mass is 10.1. The molecule has 148 valence electrons. The van der Waals surface area contributed by atoms with Gasteiger partial charge < -0.3 is 19.5 Å². The van der Waals surface area contributed by atoms with Crippen LogP contribution < -0.4 is 5.32 Å². The summed E-state index contributed by atoms with van der Waals surface area (Å²) in [5.74, 6) is -1.64. The second-order valence-corrected chi connectivity index (χ2v) is 5.59. The Kier molecular flexibility index (Phi) is 9.64. The quantitative estimate of drug-likeness (QED) is 0.379. The van der Waals surface area contributed by atoms with Crippen LogP contribution in [0.5, 0.6) is 0 Å². The van der Waals surface area contributed by atoms with Gasteiger partial charge in [0.1, 0.15) is 5.70 Å². The van der Waals surface area contributed by atoms with Gasteiger partial charge in [-0.3, -0.25) is 0 Å². The van der Waals surface area contributed by atoms with Crippen molar-refractivity contribution in [3.63, 3.8) is 0 Å². The largest absolute Gasteiger partial charge is 0.465 e. The Morgan fingerprint density at radius 1 is 0.926 bits per heavy atom. The first-order valence-corrected chi connectivity index (χ1v) is 9.01. The minimum atomic E-state index is -0.631. The maximum absolute atomic E-state index is 12.5. The average molecular weight is 377 g/mol. The van der Waals surface area contributed by atoms with Crippen LogP contribution in [0.3, 0.4) is 0 Å². The van der Waals surface area contributed by atoms with Gasteiger partial charge in [-0.05, 0) is 51.0 Å². The Labute approximate surface area is 159 Å². The molecular formula is C20H27NO6. The number of nitrogens with one attached hydrogen (secondary N) is 1. The van der Waals surface area contributed by atoms with Gasteiger partial charge in [0.2, 0.25) is 0 Å². The summed E-state index contributed by atoms with van der Waals surface area (Å²) in [6.07, 6.45) is 1.96. The molecule has 0 aliphatic rings. The molecule has 0 aliphatic carbocycles. The first kappa shape index (κ1) is 22.2. The molecule has 0 fully saturated rings. The van der Waals surface area contributed by atoms with Gasteiger partial charge in [0.15, 0.2) is 0 Å². The summed E-state index contributed by atoms with van der Waals surface area (Å²) >= 11 is 0. The van der Waals surface area contributed by atoms with E-state index in [2.05, 4.69) is 10.1 Å². The molecule has 27 heavy (non-hydrogen) atoms. The average Bonchev–Trinajstić information content (AvgIpc) is 2.67. The number of unbranched alkanes of at least 4 members (excludes halogenated alkanes) is 1. The molecule has 0 amide bonds. The monoisotopic (exact) mass is 377 g/mol. The highest BCUT2D eigenvalue weighted by Crippen LogP contribution is 2.20. The van der Waals surface area contributed by atoms with Crippen LogP contribution in [0, 0.1) is 0 Å². The predicted octanol–water partition coefficient (Wildman–Crippen LogP) is 3.46. The molecule has 1 rings (SSSR count). The van der Waals surface area contributed by atoms with Crippen LogP contribution in [0.25, 0.3) is 0 Å². The molecule has 0 spiro atoms.